The van der Waals surface area contributed by atoms with Gasteiger partial charge in [-0.1, -0.05) is 32.8 Å². The van der Waals surface area contributed by atoms with Crippen LogP contribution in [0.25, 0.3) is 0 Å². The highest BCUT2D eigenvalue weighted by molar-refractivity contribution is 5.89. The van der Waals surface area contributed by atoms with Gasteiger partial charge in [-0.15, -0.1) is 6.42 Å². The molecule has 1 aromatic carbocycles. The maximum Gasteiger partial charge on any atom is 0.319 e. The second-order valence-electron chi connectivity index (χ2n) is 6.20. The third-order valence-electron chi connectivity index (χ3n) is 3.11. The maximum absolute atomic E-state index is 11.9. The van der Waals surface area contributed by atoms with E-state index >= 15 is 0 Å². The molecule has 0 aliphatic carbocycles. The predicted octanol–water partition coefficient (Wildman–Crippen LogP) is 3.31. The number of nitrogens with one attached hydrogen (secondary N) is 2. The fourth-order valence-electron chi connectivity index (χ4n) is 1.86. The van der Waals surface area contributed by atoms with Crippen LogP contribution in [-0.4, -0.2) is 17.6 Å². The number of urea groups is 1. The van der Waals surface area contributed by atoms with E-state index in [0.717, 1.165) is 5.76 Å². The Bertz CT molecular complexity index is 738. The van der Waals surface area contributed by atoms with Crippen molar-refractivity contribution in [3.63, 3.8) is 0 Å². The van der Waals surface area contributed by atoms with Gasteiger partial charge in [-0.2, -0.15) is 0 Å². The van der Waals surface area contributed by atoms with E-state index in [0.29, 0.717) is 17.3 Å². The first-order valence-electron chi connectivity index (χ1n) is 7.55. The molecule has 2 N–H and O–H groups in total. The van der Waals surface area contributed by atoms with Crippen LogP contribution >= 0.6 is 0 Å². The van der Waals surface area contributed by atoms with E-state index in [9.17, 15) is 4.79 Å². The van der Waals surface area contributed by atoms with Gasteiger partial charge >= 0.3 is 6.03 Å². The lowest BCUT2D eigenvalue weighted by atomic mass is 9.94. The van der Waals surface area contributed by atoms with Gasteiger partial charge in [0.25, 0.3) is 0 Å². The molecule has 0 aliphatic heterocycles. The molecule has 2 aromatic rings. The summed E-state index contributed by atoms with van der Waals surface area (Å²) in [6.45, 7) is 6.48. The average molecular weight is 327 g/mol. The largest absolute Gasteiger partial charge is 0.481 e. The Labute approximate surface area is 141 Å². The maximum atomic E-state index is 11.9. The molecule has 0 aliphatic rings. The first kappa shape index (κ1) is 17.4. The van der Waals surface area contributed by atoms with E-state index in [1.807, 2.05) is 20.8 Å². The van der Waals surface area contributed by atoms with Crippen molar-refractivity contribution >= 4 is 11.7 Å². The Morgan fingerprint density at radius 1 is 1.42 bits per heavy atom. The predicted molar refractivity (Wildman–Crippen MR) is 91.8 cm³/mol. The molecule has 1 heterocycles. The standard InChI is InChI=1S/C18H21N3O3/c1-5-9-23-14-8-6-7-13(10-14)21-17(22)20-12-16-19-11-15(24-16)18(2,3)4/h1,6-8,10-11H,9,12H2,2-4H3,(H2,20,21,22). The van der Waals surface area contributed by atoms with E-state index in [-0.39, 0.29) is 24.6 Å². The van der Waals surface area contributed by atoms with Crippen molar-refractivity contribution in [2.24, 2.45) is 0 Å². The van der Waals surface area contributed by atoms with Gasteiger partial charge in [0.2, 0.25) is 5.89 Å². The van der Waals surface area contributed by atoms with Crippen LogP contribution in [0.3, 0.4) is 0 Å². The Hall–Kier alpha value is -2.94. The lowest BCUT2D eigenvalue weighted by Crippen LogP contribution is -2.28. The van der Waals surface area contributed by atoms with Crippen LogP contribution in [0, 0.1) is 12.3 Å². The summed E-state index contributed by atoms with van der Waals surface area (Å²) < 4.78 is 10.9. The van der Waals surface area contributed by atoms with Crippen LogP contribution < -0.4 is 15.4 Å². The number of aromatic nitrogens is 1. The normalized spacial score (nSPS) is 10.8. The molecule has 0 radical (unpaired) electrons. The number of nitrogens with zero attached hydrogens (tertiary/aromatic N) is 1. The van der Waals surface area contributed by atoms with Crippen molar-refractivity contribution < 1.29 is 13.9 Å². The number of hydrogen-bond acceptors (Lipinski definition) is 4. The van der Waals surface area contributed by atoms with E-state index in [1.54, 1.807) is 30.5 Å². The van der Waals surface area contributed by atoms with Crippen LogP contribution in [0.4, 0.5) is 10.5 Å². The zero-order chi connectivity index (χ0) is 17.6. The monoisotopic (exact) mass is 327 g/mol. The molecule has 0 fully saturated rings. The fourth-order valence-corrected chi connectivity index (χ4v) is 1.86. The van der Waals surface area contributed by atoms with Crippen molar-refractivity contribution in [1.29, 1.82) is 0 Å². The van der Waals surface area contributed by atoms with Crippen molar-refractivity contribution in [3.05, 3.63) is 42.1 Å². The lowest BCUT2D eigenvalue weighted by Gasteiger charge is -2.13. The summed E-state index contributed by atoms with van der Waals surface area (Å²) >= 11 is 0. The summed E-state index contributed by atoms with van der Waals surface area (Å²) in [4.78, 5) is 16.1. The van der Waals surface area contributed by atoms with Crippen LogP contribution in [-0.2, 0) is 12.0 Å². The number of ether oxygens (including phenoxy) is 1. The molecule has 0 bridgehead atoms. The zero-order valence-corrected chi connectivity index (χ0v) is 14.1. The number of anilines is 1. The van der Waals surface area contributed by atoms with Crippen LogP contribution in [0.15, 0.2) is 34.9 Å². The molecule has 1 aromatic heterocycles. The number of benzene rings is 1. The third kappa shape index (κ3) is 5.06. The third-order valence-corrected chi connectivity index (χ3v) is 3.11. The van der Waals surface area contributed by atoms with E-state index in [1.165, 1.54) is 0 Å². The smallest absolute Gasteiger partial charge is 0.319 e. The van der Waals surface area contributed by atoms with Gasteiger partial charge < -0.3 is 19.8 Å². The molecule has 2 rings (SSSR count). The number of terminal acetylenes is 1. The van der Waals surface area contributed by atoms with Gasteiger partial charge in [0.1, 0.15) is 18.1 Å². The van der Waals surface area contributed by atoms with Crippen molar-refractivity contribution in [3.8, 4) is 18.1 Å². The Balaban J connectivity index is 1.87. The van der Waals surface area contributed by atoms with Gasteiger partial charge in [0.15, 0.2) is 0 Å². The topological polar surface area (TPSA) is 76.4 Å². The first-order valence-corrected chi connectivity index (χ1v) is 7.55. The van der Waals surface area contributed by atoms with E-state index < -0.39 is 0 Å². The number of amides is 2. The zero-order valence-electron chi connectivity index (χ0n) is 14.1. The fraction of sp³-hybridized carbons (Fsp3) is 0.333. The molecule has 0 unspecified atom stereocenters. The van der Waals surface area contributed by atoms with Crippen molar-refractivity contribution in [2.45, 2.75) is 32.7 Å². The second kappa shape index (κ2) is 7.55. The first-order chi connectivity index (χ1) is 11.4. The Morgan fingerprint density at radius 3 is 2.88 bits per heavy atom. The quantitative estimate of drug-likeness (QED) is 0.826. The minimum atomic E-state index is -0.361. The molecular weight excluding hydrogens is 306 g/mol. The SMILES string of the molecule is C#CCOc1cccc(NC(=O)NCc2ncc(C(C)(C)C)o2)c1. The number of oxazole rings is 1. The summed E-state index contributed by atoms with van der Waals surface area (Å²) in [5.74, 6) is 4.21. The van der Waals surface area contributed by atoms with Gasteiger partial charge in [-0.05, 0) is 12.1 Å². The lowest BCUT2D eigenvalue weighted by molar-refractivity contribution is 0.250. The number of hydrogen-bond donors (Lipinski definition) is 2. The highest BCUT2D eigenvalue weighted by Gasteiger charge is 2.19. The van der Waals surface area contributed by atoms with Crippen LogP contribution in [0.2, 0.25) is 0 Å². The molecule has 0 spiro atoms. The second-order valence-corrected chi connectivity index (χ2v) is 6.20. The van der Waals surface area contributed by atoms with Crippen molar-refractivity contribution in [1.82, 2.24) is 10.3 Å². The molecule has 0 saturated heterocycles. The summed E-state index contributed by atoms with van der Waals surface area (Å²) in [6.07, 6.45) is 6.83. The van der Waals surface area contributed by atoms with Gasteiger partial charge in [-0.25, -0.2) is 9.78 Å². The van der Waals surface area contributed by atoms with Crippen molar-refractivity contribution in [2.75, 3.05) is 11.9 Å². The molecule has 0 saturated carbocycles. The molecular formula is C18H21N3O3. The minimum Gasteiger partial charge on any atom is -0.481 e. The van der Waals surface area contributed by atoms with Gasteiger partial charge in [0.05, 0.1) is 12.7 Å². The molecule has 126 valence electrons. The van der Waals surface area contributed by atoms with Crippen LogP contribution in [0.5, 0.6) is 5.75 Å². The highest BCUT2D eigenvalue weighted by Crippen LogP contribution is 2.22. The summed E-state index contributed by atoms with van der Waals surface area (Å²) in [5.41, 5.74) is 0.483. The summed E-state index contributed by atoms with van der Waals surface area (Å²) in [6, 6.07) is 6.62. The van der Waals surface area contributed by atoms with E-state index in [2.05, 4.69) is 21.5 Å². The minimum absolute atomic E-state index is 0.119. The van der Waals surface area contributed by atoms with Crippen LogP contribution in [0.1, 0.15) is 32.4 Å². The molecule has 6 nitrogen and oxygen atoms in total. The summed E-state index contributed by atoms with van der Waals surface area (Å²) in [5, 5.41) is 5.41. The Morgan fingerprint density at radius 2 is 2.21 bits per heavy atom. The molecule has 2 amide bonds. The van der Waals surface area contributed by atoms with Gasteiger partial charge in [-0.3, -0.25) is 0 Å². The molecule has 24 heavy (non-hydrogen) atoms. The molecule has 6 heteroatoms. The molecule has 0 atom stereocenters. The number of rotatable bonds is 5. The van der Waals surface area contributed by atoms with E-state index in [4.69, 9.17) is 15.6 Å². The van der Waals surface area contributed by atoms with Gasteiger partial charge in [0, 0.05) is 17.2 Å². The number of carbonyl (C=O) groups excluding carboxylic acids is 1. The average Bonchev–Trinajstić information content (AvgIpc) is 3.00. The Kier molecular flexibility index (Phi) is 5.48. The summed E-state index contributed by atoms with van der Waals surface area (Å²) in [7, 11) is 0. The number of carbonyl (C=O) groups is 1. The highest BCUT2D eigenvalue weighted by atomic mass is 16.5.